The molecule has 1 aromatic carbocycles. The number of rotatable bonds is 5. The van der Waals surface area contributed by atoms with Crippen molar-refractivity contribution in [2.75, 3.05) is 12.4 Å². The van der Waals surface area contributed by atoms with Crippen LogP contribution < -0.4 is 10.1 Å². The number of carbonyl (C=O) groups excluding carboxylic acids is 1. The Balaban J connectivity index is 2.21. The predicted molar refractivity (Wildman–Crippen MR) is 82.1 cm³/mol. The van der Waals surface area contributed by atoms with Crippen LogP contribution in [0.2, 0.25) is 5.02 Å². The molecule has 0 aliphatic rings. The minimum Gasteiger partial charge on any atom is -0.495 e. The predicted octanol–water partition coefficient (Wildman–Crippen LogP) is 4.31. The first kappa shape index (κ1) is 16.5. The maximum absolute atomic E-state index is 12.5. The monoisotopic (exact) mass is 344 g/mol. The second-order valence-corrected chi connectivity index (χ2v) is 5.42. The summed E-state index contributed by atoms with van der Waals surface area (Å²) < 4.78 is 30.0. The minimum atomic E-state index is -2.66. The Kier molecular flexibility index (Phi) is 5.57. The molecule has 4 nitrogen and oxygen atoms in total. The molecule has 0 atom stereocenters. The number of nitrogens with zero attached hydrogens (tertiary/aromatic N) is 1. The number of thioether (sulfide) groups is 1. The number of alkyl halides is 2. The van der Waals surface area contributed by atoms with E-state index in [2.05, 4.69) is 10.3 Å². The van der Waals surface area contributed by atoms with Crippen molar-refractivity contribution in [3.8, 4) is 5.75 Å². The van der Waals surface area contributed by atoms with E-state index < -0.39 is 11.7 Å². The molecule has 1 aromatic heterocycles. The quantitative estimate of drug-likeness (QED) is 0.821. The van der Waals surface area contributed by atoms with Gasteiger partial charge in [-0.1, -0.05) is 11.6 Å². The zero-order valence-corrected chi connectivity index (χ0v) is 12.9. The Bertz CT molecular complexity index is 686. The first-order chi connectivity index (χ1) is 10.5. The van der Waals surface area contributed by atoms with Crippen LogP contribution in [0.25, 0.3) is 0 Å². The summed E-state index contributed by atoms with van der Waals surface area (Å²) in [7, 11) is 1.48. The highest BCUT2D eigenvalue weighted by molar-refractivity contribution is 7.99. The fraction of sp³-hybridized carbons (Fsp3) is 0.143. The van der Waals surface area contributed by atoms with Crippen LogP contribution in [0.3, 0.4) is 0 Å². The molecule has 0 bridgehead atoms. The number of halogens is 3. The van der Waals surface area contributed by atoms with Crippen molar-refractivity contribution >= 4 is 35.0 Å². The maximum atomic E-state index is 12.5. The Hall–Kier alpha value is -1.86. The highest BCUT2D eigenvalue weighted by Crippen LogP contribution is 2.29. The summed E-state index contributed by atoms with van der Waals surface area (Å²) >= 11 is 6.19. The van der Waals surface area contributed by atoms with Crippen molar-refractivity contribution in [1.82, 2.24) is 4.98 Å². The van der Waals surface area contributed by atoms with Gasteiger partial charge in [0.25, 0.3) is 11.7 Å². The molecule has 2 rings (SSSR count). The van der Waals surface area contributed by atoms with E-state index in [4.69, 9.17) is 16.3 Å². The van der Waals surface area contributed by atoms with E-state index >= 15 is 0 Å². The molecule has 0 spiro atoms. The zero-order chi connectivity index (χ0) is 16.1. The third kappa shape index (κ3) is 4.08. The number of anilines is 1. The lowest BCUT2D eigenvalue weighted by Gasteiger charge is -2.10. The summed E-state index contributed by atoms with van der Waals surface area (Å²) in [6.45, 7) is 0. The molecule has 116 valence electrons. The van der Waals surface area contributed by atoms with Crippen LogP contribution in [0.4, 0.5) is 14.5 Å². The van der Waals surface area contributed by atoms with Gasteiger partial charge in [0.15, 0.2) is 0 Å². The molecule has 1 N–H and O–H groups in total. The lowest BCUT2D eigenvalue weighted by atomic mass is 10.2. The number of carbonyl (C=O) groups is 1. The molecule has 0 saturated heterocycles. The number of hydrogen-bond acceptors (Lipinski definition) is 4. The van der Waals surface area contributed by atoms with Crippen molar-refractivity contribution in [3.05, 3.63) is 47.1 Å². The third-order valence-electron chi connectivity index (χ3n) is 2.63. The van der Waals surface area contributed by atoms with E-state index in [1.165, 1.54) is 31.5 Å². The number of amides is 1. The number of pyridine rings is 1. The number of aromatic nitrogens is 1. The fourth-order valence-electron chi connectivity index (χ4n) is 1.68. The smallest absolute Gasteiger partial charge is 0.290 e. The minimum absolute atomic E-state index is 0.0328. The van der Waals surface area contributed by atoms with Gasteiger partial charge in [-0.15, -0.1) is 0 Å². The average Bonchev–Trinajstić information content (AvgIpc) is 2.47. The van der Waals surface area contributed by atoms with Gasteiger partial charge in [0.05, 0.1) is 17.7 Å². The molecule has 0 aliphatic heterocycles. The Morgan fingerprint density at radius 3 is 2.82 bits per heavy atom. The van der Waals surface area contributed by atoms with E-state index in [0.717, 1.165) is 0 Å². The molecule has 0 unspecified atom stereocenters. The van der Waals surface area contributed by atoms with Gasteiger partial charge in [0.1, 0.15) is 10.8 Å². The van der Waals surface area contributed by atoms with Crippen LogP contribution in [-0.4, -0.2) is 23.8 Å². The van der Waals surface area contributed by atoms with Gasteiger partial charge < -0.3 is 10.1 Å². The fourth-order valence-corrected chi connectivity index (χ4v) is 2.52. The topological polar surface area (TPSA) is 51.2 Å². The number of hydrogen-bond donors (Lipinski definition) is 1. The van der Waals surface area contributed by atoms with Crippen molar-refractivity contribution in [2.45, 2.75) is 10.8 Å². The largest absolute Gasteiger partial charge is 0.495 e. The van der Waals surface area contributed by atoms with Crippen molar-refractivity contribution in [1.29, 1.82) is 0 Å². The highest BCUT2D eigenvalue weighted by Gasteiger charge is 2.17. The van der Waals surface area contributed by atoms with Crippen molar-refractivity contribution in [3.63, 3.8) is 0 Å². The normalized spacial score (nSPS) is 10.6. The van der Waals surface area contributed by atoms with Crippen molar-refractivity contribution < 1.29 is 18.3 Å². The molecule has 0 radical (unpaired) electrons. The Morgan fingerprint density at radius 1 is 1.41 bits per heavy atom. The molecule has 1 amide bonds. The van der Waals surface area contributed by atoms with E-state index in [1.807, 2.05) is 0 Å². The van der Waals surface area contributed by atoms with Crippen molar-refractivity contribution in [2.24, 2.45) is 0 Å². The lowest BCUT2D eigenvalue weighted by molar-refractivity contribution is 0.102. The second-order valence-electron chi connectivity index (χ2n) is 4.04. The van der Waals surface area contributed by atoms with E-state index in [1.54, 1.807) is 12.1 Å². The average molecular weight is 345 g/mol. The number of ether oxygens (including phenoxy) is 1. The molecule has 2 aromatic rings. The van der Waals surface area contributed by atoms with Gasteiger partial charge in [-0.25, -0.2) is 4.98 Å². The molecule has 0 aliphatic carbocycles. The number of methoxy groups -OCH3 is 1. The summed E-state index contributed by atoms with van der Waals surface area (Å²) in [5, 5.41) is 2.88. The van der Waals surface area contributed by atoms with Crippen LogP contribution >= 0.6 is 23.4 Å². The van der Waals surface area contributed by atoms with Crippen LogP contribution in [-0.2, 0) is 0 Å². The number of nitrogens with one attached hydrogen (secondary N) is 1. The molecule has 0 saturated carbocycles. The molecular formula is C14H11ClF2N2O2S. The van der Waals surface area contributed by atoms with Gasteiger partial charge in [0, 0.05) is 11.9 Å². The standard InChI is InChI=1S/C14H11ClF2N2O2S/c1-21-11-5-4-8(7-10(11)15)19-12(20)9-3-2-6-18-13(9)22-14(16)17/h2-7,14H,1H3,(H,19,20). The van der Waals surface area contributed by atoms with Crippen LogP contribution in [0.5, 0.6) is 5.75 Å². The summed E-state index contributed by atoms with van der Waals surface area (Å²) in [6, 6.07) is 7.63. The Labute approximate surface area is 134 Å². The lowest BCUT2D eigenvalue weighted by Crippen LogP contribution is -2.14. The number of benzene rings is 1. The van der Waals surface area contributed by atoms with E-state index in [9.17, 15) is 13.6 Å². The maximum Gasteiger partial charge on any atom is 0.290 e. The first-order valence-corrected chi connectivity index (χ1v) is 7.31. The molecule has 1 heterocycles. The van der Waals surface area contributed by atoms with Gasteiger partial charge in [-0.05, 0) is 42.1 Å². The van der Waals surface area contributed by atoms with Crippen LogP contribution in [0.15, 0.2) is 41.6 Å². The Morgan fingerprint density at radius 2 is 2.18 bits per heavy atom. The second kappa shape index (κ2) is 7.42. The van der Waals surface area contributed by atoms with Crippen LogP contribution in [0, 0.1) is 0 Å². The highest BCUT2D eigenvalue weighted by atomic mass is 35.5. The molecule has 22 heavy (non-hydrogen) atoms. The zero-order valence-electron chi connectivity index (χ0n) is 11.3. The summed E-state index contributed by atoms with van der Waals surface area (Å²) in [5.74, 6) is -2.73. The van der Waals surface area contributed by atoms with Crippen LogP contribution in [0.1, 0.15) is 10.4 Å². The van der Waals surface area contributed by atoms with Gasteiger partial charge >= 0.3 is 0 Å². The van der Waals surface area contributed by atoms with Gasteiger partial charge in [-0.2, -0.15) is 8.78 Å². The summed E-state index contributed by atoms with van der Waals surface area (Å²) in [4.78, 5) is 16.0. The van der Waals surface area contributed by atoms with Gasteiger partial charge in [0.2, 0.25) is 0 Å². The molecular weight excluding hydrogens is 334 g/mol. The van der Waals surface area contributed by atoms with E-state index in [-0.39, 0.29) is 22.4 Å². The first-order valence-electron chi connectivity index (χ1n) is 6.06. The van der Waals surface area contributed by atoms with E-state index in [0.29, 0.717) is 16.5 Å². The molecule has 8 heteroatoms. The summed E-state index contributed by atoms with van der Waals surface area (Å²) in [5.41, 5.74) is 0.493. The SMILES string of the molecule is COc1ccc(NC(=O)c2cccnc2SC(F)F)cc1Cl. The summed E-state index contributed by atoms with van der Waals surface area (Å²) in [6.07, 6.45) is 1.35. The third-order valence-corrected chi connectivity index (χ3v) is 3.65. The molecule has 0 fully saturated rings. The van der Waals surface area contributed by atoms with Gasteiger partial charge in [-0.3, -0.25) is 4.79 Å².